The fourth-order valence-electron chi connectivity index (χ4n) is 4.35. The first kappa shape index (κ1) is 21.8. The van der Waals surface area contributed by atoms with E-state index in [-0.39, 0.29) is 18.8 Å². The lowest BCUT2D eigenvalue weighted by atomic mass is 9.92. The summed E-state index contributed by atoms with van der Waals surface area (Å²) in [6.07, 6.45) is 8.63. The van der Waals surface area contributed by atoms with Crippen LogP contribution in [0.15, 0.2) is 55.0 Å². The van der Waals surface area contributed by atoms with E-state index >= 15 is 0 Å². The van der Waals surface area contributed by atoms with E-state index in [4.69, 9.17) is 19.3 Å². The van der Waals surface area contributed by atoms with Crippen LogP contribution in [0.4, 0.5) is 0 Å². The number of rotatable bonds is 10. The van der Waals surface area contributed by atoms with Crippen molar-refractivity contribution in [3.8, 4) is 17.0 Å². The van der Waals surface area contributed by atoms with E-state index in [1.165, 1.54) is 21.8 Å². The molecule has 0 amide bonds. The summed E-state index contributed by atoms with van der Waals surface area (Å²) in [6, 6.07) is 12.5. The number of aryl methyl sites for hydroxylation is 1. The lowest BCUT2D eigenvalue weighted by Crippen LogP contribution is -2.39. The molecule has 7 heteroatoms. The highest BCUT2D eigenvalue weighted by Crippen LogP contribution is 2.32. The van der Waals surface area contributed by atoms with Gasteiger partial charge in [0.15, 0.2) is 0 Å². The van der Waals surface area contributed by atoms with Crippen LogP contribution in [0.3, 0.4) is 0 Å². The largest absolute Gasteiger partial charge is 0.474 e. The highest BCUT2D eigenvalue weighted by atomic mass is 16.5. The number of benzene rings is 1. The van der Waals surface area contributed by atoms with Crippen molar-refractivity contribution in [2.45, 2.75) is 31.5 Å². The summed E-state index contributed by atoms with van der Waals surface area (Å²) >= 11 is 0. The zero-order valence-corrected chi connectivity index (χ0v) is 18.8. The Hall–Kier alpha value is -3.00. The minimum absolute atomic E-state index is 0.0644. The minimum atomic E-state index is 0.0644. The molecule has 7 nitrogen and oxygen atoms in total. The number of aliphatic hydroxyl groups is 1. The molecule has 0 saturated heterocycles. The van der Waals surface area contributed by atoms with Crippen molar-refractivity contribution in [1.29, 1.82) is 0 Å². The predicted octanol–water partition coefficient (Wildman–Crippen LogP) is 4.11. The maximum absolute atomic E-state index is 8.68. The second kappa shape index (κ2) is 9.87. The van der Waals surface area contributed by atoms with Crippen molar-refractivity contribution in [2.24, 2.45) is 7.05 Å². The lowest BCUT2D eigenvalue weighted by Gasteiger charge is -2.34. The standard InChI is InChI=1S/C26H29N3O4/c1-29-24-7-8-27-17-23(24)22-5-3-18(13-25(22)29)19-4-6-26(28-16-19)33-21-14-20(15-21)32-11-2-10-31-12-9-30/h3-8,13,16-17,20-21,30H,2,9-12,14-15H2,1H3/t20-,21-. The maximum Gasteiger partial charge on any atom is 0.213 e. The van der Waals surface area contributed by atoms with E-state index in [1.807, 2.05) is 30.7 Å². The molecule has 0 radical (unpaired) electrons. The van der Waals surface area contributed by atoms with Gasteiger partial charge < -0.3 is 23.9 Å². The van der Waals surface area contributed by atoms with E-state index in [1.54, 1.807) is 0 Å². The molecular weight excluding hydrogens is 418 g/mol. The van der Waals surface area contributed by atoms with Crippen LogP contribution >= 0.6 is 0 Å². The van der Waals surface area contributed by atoms with Crippen molar-refractivity contribution in [1.82, 2.24) is 14.5 Å². The van der Waals surface area contributed by atoms with Crippen molar-refractivity contribution < 1.29 is 19.3 Å². The number of hydrogen-bond donors (Lipinski definition) is 1. The molecule has 1 aliphatic rings. The van der Waals surface area contributed by atoms with Gasteiger partial charge in [-0.1, -0.05) is 12.1 Å². The van der Waals surface area contributed by atoms with E-state index in [0.29, 0.717) is 25.7 Å². The van der Waals surface area contributed by atoms with Crippen LogP contribution in [-0.4, -0.2) is 58.3 Å². The summed E-state index contributed by atoms with van der Waals surface area (Å²) < 4.78 is 19.3. The molecule has 0 bridgehead atoms. The first-order valence-corrected chi connectivity index (χ1v) is 11.5. The van der Waals surface area contributed by atoms with Crippen LogP contribution < -0.4 is 4.74 Å². The van der Waals surface area contributed by atoms with Gasteiger partial charge in [0.2, 0.25) is 5.88 Å². The number of aliphatic hydroxyl groups excluding tert-OH is 1. The molecule has 1 aliphatic carbocycles. The fourth-order valence-corrected chi connectivity index (χ4v) is 4.35. The molecule has 0 unspecified atom stereocenters. The Morgan fingerprint density at radius 1 is 0.939 bits per heavy atom. The van der Waals surface area contributed by atoms with Gasteiger partial charge in [-0.2, -0.15) is 0 Å². The van der Waals surface area contributed by atoms with E-state index in [9.17, 15) is 0 Å². The number of aromatic nitrogens is 3. The highest BCUT2D eigenvalue weighted by Gasteiger charge is 2.31. The highest BCUT2D eigenvalue weighted by molar-refractivity contribution is 6.08. The molecule has 3 aromatic heterocycles. The number of fused-ring (bicyclic) bond motifs is 3. The van der Waals surface area contributed by atoms with Crippen molar-refractivity contribution in [3.63, 3.8) is 0 Å². The molecule has 172 valence electrons. The number of nitrogens with zero attached hydrogens (tertiary/aromatic N) is 3. The predicted molar refractivity (Wildman–Crippen MR) is 127 cm³/mol. The quantitative estimate of drug-likeness (QED) is 0.369. The molecule has 0 aliphatic heterocycles. The van der Waals surface area contributed by atoms with Crippen LogP contribution in [0.25, 0.3) is 32.9 Å². The Morgan fingerprint density at radius 2 is 1.82 bits per heavy atom. The SMILES string of the molecule is Cn1c2ccncc2c2ccc(-c3ccc(O[C@H]4C[C@H](OCCCOCCO)C4)nc3)cc21. The molecule has 1 saturated carbocycles. The zero-order chi connectivity index (χ0) is 22.6. The Kier molecular flexibility index (Phi) is 6.53. The molecule has 1 aromatic carbocycles. The first-order valence-electron chi connectivity index (χ1n) is 11.5. The molecule has 0 atom stereocenters. The normalized spacial score (nSPS) is 18.0. The van der Waals surface area contributed by atoms with Gasteiger partial charge in [-0.05, 0) is 30.2 Å². The second-order valence-electron chi connectivity index (χ2n) is 8.46. The molecule has 0 spiro atoms. The van der Waals surface area contributed by atoms with Crippen molar-refractivity contribution in [2.75, 3.05) is 26.4 Å². The monoisotopic (exact) mass is 447 g/mol. The molecule has 33 heavy (non-hydrogen) atoms. The third-order valence-corrected chi connectivity index (χ3v) is 6.24. The Balaban J connectivity index is 1.16. The lowest BCUT2D eigenvalue weighted by molar-refractivity contribution is -0.0665. The van der Waals surface area contributed by atoms with Crippen LogP contribution in [0, 0.1) is 0 Å². The van der Waals surface area contributed by atoms with Gasteiger partial charge >= 0.3 is 0 Å². The number of ether oxygens (including phenoxy) is 3. The van der Waals surface area contributed by atoms with Crippen LogP contribution in [0.2, 0.25) is 0 Å². The first-order chi connectivity index (χ1) is 16.2. The molecule has 4 aromatic rings. The molecule has 1 N–H and O–H groups in total. The average molecular weight is 448 g/mol. The summed E-state index contributed by atoms with van der Waals surface area (Å²) in [4.78, 5) is 8.81. The summed E-state index contributed by atoms with van der Waals surface area (Å²) in [5, 5.41) is 11.0. The smallest absolute Gasteiger partial charge is 0.213 e. The van der Waals surface area contributed by atoms with Gasteiger partial charge in [0.1, 0.15) is 6.10 Å². The van der Waals surface area contributed by atoms with Crippen LogP contribution in [0.5, 0.6) is 5.88 Å². The van der Waals surface area contributed by atoms with Gasteiger partial charge in [-0.15, -0.1) is 0 Å². The Labute approximate surface area is 192 Å². The third kappa shape index (κ3) is 4.71. The summed E-state index contributed by atoms with van der Waals surface area (Å²) in [5.41, 5.74) is 4.54. The Morgan fingerprint density at radius 3 is 2.64 bits per heavy atom. The van der Waals surface area contributed by atoms with Crippen molar-refractivity contribution >= 4 is 21.8 Å². The fraction of sp³-hybridized carbons (Fsp3) is 0.385. The van der Waals surface area contributed by atoms with E-state index in [0.717, 1.165) is 30.4 Å². The molecular formula is C26H29N3O4. The van der Waals surface area contributed by atoms with E-state index < -0.39 is 0 Å². The van der Waals surface area contributed by atoms with Gasteiger partial charge in [-0.3, -0.25) is 4.98 Å². The maximum atomic E-state index is 8.68. The minimum Gasteiger partial charge on any atom is -0.474 e. The summed E-state index contributed by atoms with van der Waals surface area (Å²) in [5.74, 6) is 0.649. The van der Waals surface area contributed by atoms with Gasteiger partial charge in [0, 0.05) is 79.6 Å². The van der Waals surface area contributed by atoms with E-state index in [2.05, 4.69) is 45.8 Å². The molecule has 5 rings (SSSR count). The average Bonchev–Trinajstić information content (AvgIpc) is 3.11. The van der Waals surface area contributed by atoms with Gasteiger partial charge in [-0.25, -0.2) is 4.98 Å². The Bertz CT molecular complexity index is 1220. The number of pyridine rings is 2. The van der Waals surface area contributed by atoms with Gasteiger partial charge in [0.25, 0.3) is 0 Å². The topological polar surface area (TPSA) is 78.6 Å². The van der Waals surface area contributed by atoms with Crippen LogP contribution in [-0.2, 0) is 16.5 Å². The summed E-state index contributed by atoms with van der Waals surface area (Å²) in [7, 11) is 2.09. The van der Waals surface area contributed by atoms with Crippen LogP contribution in [0.1, 0.15) is 19.3 Å². The molecule has 1 fully saturated rings. The second-order valence-corrected chi connectivity index (χ2v) is 8.46. The molecule has 3 heterocycles. The third-order valence-electron chi connectivity index (χ3n) is 6.24. The van der Waals surface area contributed by atoms with Crippen molar-refractivity contribution in [3.05, 3.63) is 55.0 Å². The van der Waals surface area contributed by atoms with Gasteiger partial charge in [0.05, 0.1) is 24.8 Å². The number of hydrogen-bond acceptors (Lipinski definition) is 6. The zero-order valence-electron chi connectivity index (χ0n) is 18.8. The summed E-state index contributed by atoms with van der Waals surface area (Å²) in [6.45, 7) is 1.75.